The number of nitrogens with one attached hydrogen (secondary N) is 1. The molecule has 2 N–H and O–H groups in total. The molecule has 0 bridgehead atoms. The van der Waals surface area contributed by atoms with Gasteiger partial charge in [-0.05, 0) is 46.9 Å². The first kappa shape index (κ1) is 35.2. The number of benzene rings is 3. The fourth-order valence-electron chi connectivity index (χ4n) is 6.50. The number of hydrogen-bond acceptors (Lipinski definition) is 10. The highest BCUT2D eigenvalue weighted by molar-refractivity contribution is 5.82. The van der Waals surface area contributed by atoms with Crippen LogP contribution in [0.3, 0.4) is 0 Å². The van der Waals surface area contributed by atoms with Gasteiger partial charge in [0.15, 0.2) is 12.4 Å². The molecule has 0 saturated carbocycles. The molecule has 1 aromatic heterocycles. The van der Waals surface area contributed by atoms with Crippen LogP contribution in [0.25, 0.3) is 11.1 Å². The van der Waals surface area contributed by atoms with E-state index in [1.165, 1.54) is 6.92 Å². The summed E-state index contributed by atoms with van der Waals surface area (Å²) >= 11 is 0. The summed E-state index contributed by atoms with van der Waals surface area (Å²) in [6, 6.07) is 26.0. The van der Waals surface area contributed by atoms with Gasteiger partial charge >= 0.3 is 5.97 Å². The highest BCUT2D eigenvalue weighted by Gasteiger charge is 2.39. The number of carbonyl (C=O) groups is 2. The van der Waals surface area contributed by atoms with Crippen LogP contribution in [0.1, 0.15) is 55.4 Å². The van der Waals surface area contributed by atoms with Gasteiger partial charge in [0.25, 0.3) is 5.91 Å². The molecule has 4 aromatic rings. The van der Waals surface area contributed by atoms with E-state index in [2.05, 4.69) is 44.1 Å². The number of esters is 1. The maximum absolute atomic E-state index is 12.3. The summed E-state index contributed by atoms with van der Waals surface area (Å²) in [5.74, 6) is 0.0120. The lowest BCUT2D eigenvalue weighted by Gasteiger charge is -2.44. The normalized spacial score (nSPS) is 21.7. The molecule has 262 valence electrons. The van der Waals surface area contributed by atoms with E-state index < -0.39 is 18.4 Å². The Hall–Kier alpha value is -4.68. The maximum Gasteiger partial charge on any atom is 0.303 e. The number of nitrogens with zero attached hydrogens (tertiary/aromatic N) is 4. The van der Waals surface area contributed by atoms with Crippen LogP contribution in [0.4, 0.5) is 5.95 Å². The molecule has 0 unspecified atom stereocenters. The zero-order valence-corrected chi connectivity index (χ0v) is 28.8. The molecule has 2 saturated heterocycles. The predicted octanol–water partition coefficient (Wildman–Crippen LogP) is 4.82. The van der Waals surface area contributed by atoms with E-state index in [-0.39, 0.29) is 30.6 Å². The highest BCUT2D eigenvalue weighted by atomic mass is 16.7. The molecule has 0 spiro atoms. The van der Waals surface area contributed by atoms with Crippen LogP contribution in [0, 0.1) is 5.92 Å². The third-order valence-electron chi connectivity index (χ3n) is 9.39. The molecule has 6 rings (SSSR count). The topological polar surface area (TPSA) is 126 Å². The second-order valence-electron chi connectivity index (χ2n) is 13.0. The summed E-state index contributed by atoms with van der Waals surface area (Å²) in [4.78, 5) is 37.0. The molecule has 11 heteroatoms. The van der Waals surface area contributed by atoms with E-state index in [1.807, 2.05) is 66.7 Å². The average molecular weight is 680 g/mol. The van der Waals surface area contributed by atoms with Gasteiger partial charge in [0.05, 0.1) is 18.8 Å². The molecule has 5 atom stereocenters. The lowest BCUT2D eigenvalue weighted by Crippen LogP contribution is -2.51. The number of amides is 1. The molecule has 3 heterocycles. The largest absolute Gasteiger partial charge is 0.453 e. The molecule has 1 amide bonds. The quantitative estimate of drug-likeness (QED) is 0.213. The number of anilines is 1. The third-order valence-corrected chi connectivity index (χ3v) is 9.39. The van der Waals surface area contributed by atoms with E-state index in [4.69, 9.17) is 14.2 Å². The van der Waals surface area contributed by atoms with Crippen molar-refractivity contribution in [2.45, 2.75) is 58.5 Å². The van der Waals surface area contributed by atoms with Crippen LogP contribution in [-0.2, 0) is 37.0 Å². The number of rotatable bonds is 11. The fraction of sp³-hybridized carbons (Fsp3) is 0.385. The summed E-state index contributed by atoms with van der Waals surface area (Å²) < 4.78 is 18.4. The van der Waals surface area contributed by atoms with Crippen molar-refractivity contribution >= 4 is 17.8 Å². The summed E-state index contributed by atoms with van der Waals surface area (Å²) in [6.07, 6.45) is 1.87. The minimum absolute atomic E-state index is 0.00506. The van der Waals surface area contributed by atoms with Crippen molar-refractivity contribution in [1.29, 1.82) is 0 Å². The highest BCUT2D eigenvalue weighted by Crippen LogP contribution is 2.42. The van der Waals surface area contributed by atoms with Gasteiger partial charge in [-0.1, -0.05) is 73.7 Å². The van der Waals surface area contributed by atoms with Gasteiger partial charge in [0.1, 0.15) is 0 Å². The molecule has 2 fully saturated rings. The Morgan fingerprint density at radius 1 is 0.900 bits per heavy atom. The third kappa shape index (κ3) is 8.72. The summed E-state index contributed by atoms with van der Waals surface area (Å²) in [5, 5.41) is 12.4. The minimum atomic E-state index is -0.852. The van der Waals surface area contributed by atoms with Crippen molar-refractivity contribution in [1.82, 2.24) is 20.2 Å². The Balaban J connectivity index is 1.15. The molecule has 50 heavy (non-hydrogen) atoms. The molecule has 0 aliphatic carbocycles. The second kappa shape index (κ2) is 16.4. The minimum Gasteiger partial charge on any atom is -0.453 e. The van der Waals surface area contributed by atoms with Crippen LogP contribution >= 0.6 is 0 Å². The Morgan fingerprint density at radius 3 is 2.28 bits per heavy atom. The molecule has 2 aliphatic heterocycles. The molecule has 3 aromatic carbocycles. The molecule has 11 nitrogen and oxygen atoms in total. The SMILES string of the molecule is CC(=O)O[C@@H](C)C(=O)NCc1cccc(-c2ccc([C@H]3O[C@@H](CN4CCN(c5ncccn5)CC4)[C@@H](C)[C@@H](c4ccc(CO)cc4)O3)cc2)c1. The zero-order chi connectivity index (χ0) is 35.0. The summed E-state index contributed by atoms with van der Waals surface area (Å²) in [6.45, 7) is 9.57. The van der Waals surface area contributed by atoms with Crippen molar-refractivity contribution < 1.29 is 28.9 Å². The first-order chi connectivity index (χ1) is 24.3. The average Bonchev–Trinajstić information content (AvgIpc) is 3.15. The summed E-state index contributed by atoms with van der Waals surface area (Å²) in [7, 11) is 0. The Morgan fingerprint density at radius 2 is 1.60 bits per heavy atom. The molecular formula is C39H45N5O6. The van der Waals surface area contributed by atoms with Crippen molar-refractivity contribution in [3.63, 3.8) is 0 Å². The smallest absolute Gasteiger partial charge is 0.303 e. The number of piperazine rings is 1. The van der Waals surface area contributed by atoms with Crippen molar-refractivity contribution in [3.8, 4) is 11.1 Å². The van der Waals surface area contributed by atoms with E-state index in [9.17, 15) is 14.7 Å². The van der Waals surface area contributed by atoms with Crippen LogP contribution in [0.2, 0.25) is 0 Å². The first-order valence-corrected chi connectivity index (χ1v) is 17.2. The molecule has 0 radical (unpaired) electrons. The lowest BCUT2D eigenvalue weighted by molar-refractivity contribution is -0.276. The van der Waals surface area contributed by atoms with E-state index in [0.29, 0.717) is 6.54 Å². The van der Waals surface area contributed by atoms with Gasteiger partial charge in [0, 0.05) is 70.1 Å². The zero-order valence-electron chi connectivity index (χ0n) is 28.8. The lowest BCUT2D eigenvalue weighted by atomic mass is 9.89. The number of ether oxygens (including phenoxy) is 3. The summed E-state index contributed by atoms with van der Waals surface area (Å²) in [5.41, 5.74) is 5.80. The second-order valence-corrected chi connectivity index (χ2v) is 13.0. The number of aliphatic hydroxyl groups excluding tert-OH is 1. The van der Waals surface area contributed by atoms with Gasteiger partial charge in [-0.25, -0.2) is 9.97 Å². The monoisotopic (exact) mass is 679 g/mol. The van der Waals surface area contributed by atoms with E-state index in [1.54, 1.807) is 19.3 Å². The van der Waals surface area contributed by atoms with Crippen LogP contribution < -0.4 is 10.2 Å². The van der Waals surface area contributed by atoms with Gasteiger partial charge in [0.2, 0.25) is 5.95 Å². The maximum atomic E-state index is 12.3. The van der Waals surface area contributed by atoms with Crippen molar-refractivity contribution in [3.05, 3.63) is 114 Å². The number of carbonyl (C=O) groups excluding carboxylic acids is 2. The van der Waals surface area contributed by atoms with E-state index in [0.717, 1.165) is 72.1 Å². The Labute approximate surface area is 293 Å². The van der Waals surface area contributed by atoms with Gasteiger partial charge in [-0.15, -0.1) is 0 Å². The number of aromatic nitrogens is 2. The van der Waals surface area contributed by atoms with Crippen LogP contribution in [0.15, 0.2) is 91.3 Å². The van der Waals surface area contributed by atoms with Crippen molar-refractivity contribution in [2.24, 2.45) is 5.92 Å². The fourth-order valence-corrected chi connectivity index (χ4v) is 6.50. The standard InChI is InChI=1S/C39H45N5O6/c1-26-35(24-43-18-20-44(21-19-43)39-40-16-5-17-41-39)49-38(50-36(26)32-10-8-29(25-45)9-11-32)33-14-12-31(13-15-33)34-7-4-6-30(22-34)23-42-37(47)27(2)48-28(3)46/h4-17,22,26-27,35-36,38,45H,18-21,23-25H2,1-3H3,(H,42,47)/t26-,27+,35+,36+,38+/m1/s1. The van der Waals surface area contributed by atoms with Crippen LogP contribution in [-0.4, -0.2) is 76.8 Å². The van der Waals surface area contributed by atoms with Gasteiger partial charge in [-0.2, -0.15) is 0 Å². The molecular weight excluding hydrogens is 634 g/mol. The van der Waals surface area contributed by atoms with Crippen LogP contribution in [0.5, 0.6) is 0 Å². The molecule has 2 aliphatic rings. The van der Waals surface area contributed by atoms with Crippen molar-refractivity contribution in [2.75, 3.05) is 37.6 Å². The number of hydrogen-bond donors (Lipinski definition) is 2. The predicted molar refractivity (Wildman–Crippen MR) is 189 cm³/mol. The van der Waals surface area contributed by atoms with Gasteiger partial charge in [-0.3, -0.25) is 14.5 Å². The first-order valence-electron chi connectivity index (χ1n) is 17.2. The van der Waals surface area contributed by atoms with Gasteiger partial charge < -0.3 is 29.5 Å². The number of aliphatic hydroxyl groups is 1. The van der Waals surface area contributed by atoms with E-state index >= 15 is 0 Å². The Kier molecular flexibility index (Phi) is 11.5. The Bertz CT molecular complexity index is 1710.